The van der Waals surface area contributed by atoms with Gasteiger partial charge in [0.15, 0.2) is 0 Å². The second-order valence-corrected chi connectivity index (χ2v) is 8.72. The van der Waals surface area contributed by atoms with Crippen molar-refractivity contribution in [2.45, 2.75) is 18.0 Å². The fourth-order valence-corrected chi connectivity index (χ4v) is 4.92. The van der Waals surface area contributed by atoms with Crippen molar-refractivity contribution >= 4 is 11.8 Å². The average molecular weight is 472 g/mol. The van der Waals surface area contributed by atoms with E-state index in [1.54, 1.807) is 17.0 Å². The molecule has 1 N–H and O–H groups in total. The van der Waals surface area contributed by atoms with Crippen molar-refractivity contribution in [1.82, 2.24) is 9.80 Å². The number of aliphatic hydroxyl groups excluding tert-OH is 1. The van der Waals surface area contributed by atoms with Crippen LogP contribution in [0.2, 0.25) is 0 Å². The highest BCUT2D eigenvalue weighted by Crippen LogP contribution is 2.43. The number of carbonyl (C=O) groups excluding carboxylic acids is 2. The van der Waals surface area contributed by atoms with Crippen LogP contribution in [0.1, 0.15) is 33.0 Å². The number of fused-ring (bicyclic) bond motifs is 1. The van der Waals surface area contributed by atoms with E-state index in [4.69, 9.17) is 0 Å². The fraction of sp³-hybridized carbons (Fsp3) is 0.214. The Morgan fingerprint density at radius 3 is 2.23 bits per heavy atom. The summed E-state index contributed by atoms with van der Waals surface area (Å²) in [5.41, 5.74) is 2.61. The standard InChI is InChI=1S/C28H22F2N2O3/c29-22-12-8-19(9-13-22)5-4-18-6-10-20(11-7-18)27-24-15-31(16-26(34)32(24)25(27)17-33)28(35)21-2-1-3-23(30)14-21/h1-3,6-14,24-25,27,33H,15-17H2/t24-,25-,27-/m0/s1. The Hall–Kier alpha value is -4.02. The van der Waals surface area contributed by atoms with Gasteiger partial charge in [-0.1, -0.05) is 30.0 Å². The van der Waals surface area contributed by atoms with E-state index in [2.05, 4.69) is 11.8 Å². The van der Waals surface area contributed by atoms with Gasteiger partial charge in [-0.25, -0.2) is 8.78 Å². The molecule has 3 aromatic carbocycles. The van der Waals surface area contributed by atoms with E-state index in [-0.39, 0.29) is 48.4 Å². The van der Waals surface area contributed by atoms with Gasteiger partial charge in [0.05, 0.1) is 18.7 Å². The van der Waals surface area contributed by atoms with Gasteiger partial charge in [-0.05, 0) is 60.2 Å². The smallest absolute Gasteiger partial charge is 0.254 e. The molecule has 0 radical (unpaired) electrons. The number of carbonyl (C=O) groups is 2. The molecule has 0 saturated carbocycles. The van der Waals surface area contributed by atoms with Gasteiger partial charge >= 0.3 is 0 Å². The van der Waals surface area contributed by atoms with Gasteiger partial charge < -0.3 is 14.9 Å². The lowest BCUT2D eigenvalue weighted by molar-refractivity contribution is -0.159. The van der Waals surface area contributed by atoms with Crippen LogP contribution in [0.5, 0.6) is 0 Å². The molecule has 3 atom stereocenters. The second kappa shape index (κ2) is 9.32. The molecule has 5 rings (SSSR count). The molecule has 0 bridgehead atoms. The number of halogens is 2. The Bertz CT molecular complexity index is 1330. The Balaban J connectivity index is 1.34. The third kappa shape index (κ3) is 4.41. The molecule has 35 heavy (non-hydrogen) atoms. The molecule has 0 aromatic heterocycles. The maximum Gasteiger partial charge on any atom is 0.254 e. The van der Waals surface area contributed by atoms with Crippen molar-refractivity contribution in [1.29, 1.82) is 0 Å². The summed E-state index contributed by atoms with van der Waals surface area (Å²) in [6.07, 6.45) is 0. The Morgan fingerprint density at radius 2 is 1.60 bits per heavy atom. The lowest BCUT2D eigenvalue weighted by atomic mass is 9.73. The number of aliphatic hydroxyl groups is 1. The van der Waals surface area contributed by atoms with E-state index in [0.29, 0.717) is 12.1 Å². The minimum absolute atomic E-state index is 0.104. The highest BCUT2D eigenvalue weighted by molar-refractivity contribution is 5.97. The molecule has 176 valence electrons. The van der Waals surface area contributed by atoms with Crippen molar-refractivity contribution < 1.29 is 23.5 Å². The topological polar surface area (TPSA) is 60.9 Å². The zero-order valence-corrected chi connectivity index (χ0v) is 18.7. The van der Waals surface area contributed by atoms with Crippen LogP contribution in [0.15, 0.2) is 72.8 Å². The molecule has 0 unspecified atom stereocenters. The molecule has 0 spiro atoms. The van der Waals surface area contributed by atoms with Crippen molar-refractivity contribution in [2.24, 2.45) is 0 Å². The maximum atomic E-state index is 13.6. The van der Waals surface area contributed by atoms with E-state index >= 15 is 0 Å². The molecule has 7 heteroatoms. The SMILES string of the molecule is O=C(c1cccc(F)c1)N1CC(=O)N2[C@@H](CO)[C@@H](c3ccc(C#Cc4ccc(F)cc4)cc3)[C@@H]2C1. The number of nitrogens with zero attached hydrogens (tertiary/aromatic N) is 2. The first-order valence-corrected chi connectivity index (χ1v) is 11.3. The molecule has 0 aliphatic carbocycles. The molecule has 2 heterocycles. The fourth-order valence-electron chi connectivity index (χ4n) is 4.92. The van der Waals surface area contributed by atoms with E-state index in [0.717, 1.165) is 11.1 Å². The molecule has 3 aromatic rings. The summed E-state index contributed by atoms with van der Waals surface area (Å²) in [4.78, 5) is 28.8. The predicted molar refractivity (Wildman–Crippen MR) is 125 cm³/mol. The molecule has 2 aliphatic rings. The molecule has 2 amide bonds. The summed E-state index contributed by atoms with van der Waals surface area (Å²) in [6.45, 7) is 0.0121. The van der Waals surface area contributed by atoms with Crippen molar-refractivity contribution in [3.8, 4) is 11.8 Å². The van der Waals surface area contributed by atoms with E-state index in [9.17, 15) is 23.5 Å². The van der Waals surface area contributed by atoms with Crippen LogP contribution in [0.3, 0.4) is 0 Å². The first-order valence-electron chi connectivity index (χ1n) is 11.3. The van der Waals surface area contributed by atoms with Crippen molar-refractivity contribution in [2.75, 3.05) is 19.7 Å². The molecule has 5 nitrogen and oxygen atoms in total. The Morgan fingerprint density at radius 1 is 0.943 bits per heavy atom. The van der Waals surface area contributed by atoms with Gasteiger partial charge in [-0.2, -0.15) is 0 Å². The van der Waals surface area contributed by atoms with Gasteiger partial charge in [0, 0.05) is 29.2 Å². The minimum atomic E-state index is -0.509. The number of hydrogen-bond acceptors (Lipinski definition) is 3. The number of rotatable bonds is 3. The maximum absolute atomic E-state index is 13.6. The molecule has 2 aliphatic heterocycles. The van der Waals surface area contributed by atoms with E-state index in [1.807, 2.05) is 24.3 Å². The van der Waals surface area contributed by atoms with Crippen LogP contribution in [0, 0.1) is 23.5 Å². The first kappa shape index (κ1) is 22.8. The van der Waals surface area contributed by atoms with E-state index < -0.39 is 11.7 Å². The Kier molecular flexibility index (Phi) is 6.06. The normalized spacial score (nSPS) is 21.0. The molecular weight excluding hydrogens is 450 g/mol. The number of hydrogen-bond donors (Lipinski definition) is 1. The monoisotopic (exact) mass is 472 g/mol. The molecular formula is C28H22F2N2O3. The van der Waals surface area contributed by atoms with Gasteiger partial charge in [-0.15, -0.1) is 0 Å². The zero-order valence-electron chi connectivity index (χ0n) is 18.7. The average Bonchev–Trinajstić information content (AvgIpc) is 2.85. The second-order valence-electron chi connectivity index (χ2n) is 8.72. The summed E-state index contributed by atoms with van der Waals surface area (Å²) < 4.78 is 26.7. The molecule has 2 saturated heterocycles. The summed E-state index contributed by atoms with van der Waals surface area (Å²) >= 11 is 0. The number of benzene rings is 3. The van der Waals surface area contributed by atoms with E-state index in [1.165, 1.54) is 41.3 Å². The van der Waals surface area contributed by atoms with Gasteiger partial charge in [0.1, 0.15) is 18.2 Å². The number of piperazine rings is 1. The van der Waals surface area contributed by atoms with Crippen molar-refractivity contribution in [3.05, 3.63) is 107 Å². The van der Waals surface area contributed by atoms with Crippen LogP contribution >= 0.6 is 0 Å². The summed E-state index contributed by atoms with van der Waals surface area (Å²) in [6, 6.07) is 18.3. The quantitative estimate of drug-likeness (QED) is 0.596. The lowest BCUT2D eigenvalue weighted by Gasteiger charge is -2.58. The number of amides is 2. The van der Waals surface area contributed by atoms with Crippen LogP contribution in [-0.2, 0) is 4.79 Å². The van der Waals surface area contributed by atoms with Gasteiger partial charge in [0.25, 0.3) is 5.91 Å². The lowest BCUT2D eigenvalue weighted by Crippen LogP contribution is -2.73. The first-order chi connectivity index (χ1) is 16.9. The minimum Gasteiger partial charge on any atom is -0.394 e. The Labute approximate surface area is 201 Å². The summed E-state index contributed by atoms with van der Waals surface area (Å²) in [7, 11) is 0. The van der Waals surface area contributed by atoms with Gasteiger partial charge in [-0.3, -0.25) is 9.59 Å². The zero-order chi connectivity index (χ0) is 24.5. The highest BCUT2D eigenvalue weighted by atomic mass is 19.1. The van der Waals surface area contributed by atoms with Crippen LogP contribution in [-0.4, -0.2) is 58.5 Å². The van der Waals surface area contributed by atoms with Crippen LogP contribution < -0.4 is 0 Å². The van der Waals surface area contributed by atoms with Crippen LogP contribution in [0.25, 0.3) is 0 Å². The molecule has 2 fully saturated rings. The third-order valence-electron chi connectivity index (χ3n) is 6.60. The predicted octanol–water partition coefficient (Wildman–Crippen LogP) is 3.18. The highest BCUT2D eigenvalue weighted by Gasteiger charge is 2.54. The third-order valence-corrected chi connectivity index (χ3v) is 6.60. The van der Waals surface area contributed by atoms with Gasteiger partial charge in [0.2, 0.25) is 5.91 Å². The van der Waals surface area contributed by atoms with Crippen molar-refractivity contribution in [3.63, 3.8) is 0 Å². The summed E-state index contributed by atoms with van der Waals surface area (Å²) in [5.74, 6) is 4.44. The largest absolute Gasteiger partial charge is 0.394 e. The summed E-state index contributed by atoms with van der Waals surface area (Å²) in [5, 5.41) is 9.98. The van der Waals surface area contributed by atoms with Crippen LogP contribution in [0.4, 0.5) is 8.78 Å².